The van der Waals surface area contributed by atoms with Crippen molar-refractivity contribution in [1.82, 2.24) is 9.97 Å². The van der Waals surface area contributed by atoms with E-state index in [4.69, 9.17) is 9.47 Å². The van der Waals surface area contributed by atoms with Gasteiger partial charge in [-0.2, -0.15) is 0 Å². The molecule has 5 rings (SSSR count). The minimum Gasteiger partial charge on any atom is -0.507 e. The number of pyridine rings is 1. The Labute approximate surface area is 217 Å². The first-order valence-electron chi connectivity index (χ1n) is 12.0. The smallest absolute Gasteiger partial charge is 0.301 e. The van der Waals surface area contributed by atoms with Crippen LogP contribution in [0.3, 0.4) is 0 Å². The van der Waals surface area contributed by atoms with Gasteiger partial charge < -0.3 is 14.6 Å². The van der Waals surface area contributed by atoms with E-state index in [0.717, 1.165) is 11.1 Å². The van der Waals surface area contributed by atoms with Gasteiger partial charge in [-0.1, -0.05) is 36.5 Å². The highest BCUT2D eigenvalue weighted by Crippen LogP contribution is 2.44. The highest BCUT2D eigenvalue weighted by atomic mass is 32.1. The Kier molecular flexibility index (Phi) is 6.87. The lowest BCUT2D eigenvalue weighted by Crippen LogP contribution is -2.29. The van der Waals surface area contributed by atoms with Crippen LogP contribution in [0.25, 0.3) is 16.0 Å². The van der Waals surface area contributed by atoms with Gasteiger partial charge in [-0.25, -0.2) is 4.98 Å². The number of anilines is 1. The molecule has 8 nitrogen and oxygen atoms in total. The molecule has 1 aliphatic heterocycles. The second-order valence-corrected chi connectivity index (χ2v) is 9.40. The summed E-state index contributed by atoms with van der Waals surface area (Å²) in [4.78, 5) is 37.0. The topological polar surface area (TPSA) is 102 Å². The number of aliphatic hydroxyl groups excluding tert-OH is 1. The summed E-state index contributed by atoms with van der Waals surface area (Å²) in [6.07, 6.45) is 4.02. The summed E-state index contributed by atoms with van der Waals surface area (Å²) in [7, 11) is 0. The molecule has 2 aromatic heterocycles. The summed E-state index contributed by atoms with van der Waals surface area (Å²) in [6.45, 7) is 4.95. The van der Waals surface area contributed by atoms with Gasteiger partial charge >= 0.3 is 5.91 Å². The Morgan fingerprint density at radius 3 is 2.65 bits per heavy atom. The number of ether oxygens (including phenoxy) is 2. The number of Topliss-reactive ketones (excluding diaryl/α,β-unsaturated/α-hetero) is 1. The molecule has 1 aliphatic rings. The van der Waals surface area contributed by atoms with Crippen molar-refractivity contribution in [2.45, 2.75) is 26.3 Å². The third-order valence-corrected chi connectivity index (χ3v) is 6.91. The predicted molar refractivity (Wildman–Crippen MR) is 142 cm³/mol. The van der Waals surface area contributed by atoms with Crippen molar-refractivity contribution in [3.63, 3.8) is 0 Å². The van der Waals surface area contributed by atoms with Crippen LogP contribution in [-0.2, 0) is 9.59 Å². The maximum atomic E-state index is 13.4. The van der Waals surface area contributed by atoms with Crippen LogP contribution in [0.15, 0.2) is 72.6 Å². The number of fused-ring (bicyclic) bond motifs is 1. The molecule has 0 spiro atoms. The van der Waals surface area contributed by atoms with Crippen LogP contribution in [-0.4, -0.2) is 40.0 Å². The number of hydrogen-bond acceptors (Lipinski definition) is 8. The summed E-state index contributed by atoms with van der Waals surface area (Å²) < 4.78 is 12.1. The average Bonchev–Trinajstić information content (AvgIpc) is 3.45. The molecule has 1 fully saturated rings. The minimum absolute atomic E-state index is 0.0279. The average molecular weight is 516 g/mol. The molecular weight excluding hydrogens is 490 g/mol. The first-order chi connectivity index (χ1) is 18.0. The lowest BCUT2D eigenvalue weighted by molar-refractivity contribution is -0.132. The van der Waals surface area contributed by atoms with E-state index in [0.29, 0.717) is 46.5 Å². The number of aromatic nitrogens is 2. The van der Waals surface area contributed by atoms with Gasteiger partial charge in [0.15, 0.2) is 5.13 Å². The van der Waals surface area contributed by atoms with Crippen LogP contribution >= 0.6 is 11.3 Å². The van der Waals surface area contributed by atoms with Crippen molar-refractivity contribution < 1.29 is 24.2 Å². The van der Waals surface area contributed by atoms with Crippen LogP contribution in [0.1, 0.15) is 37.4 Å². The molecule has 1 N–H and O–H groups in total. The quantitative estimate of drug-likeness (QED) is 0.188. The second kappa shape index (κ2) is 10.4. The fraction of sp³-hybridized carbons (Fsp3) is 0.214. The fourth-order valence-electron chi connectivity index (χ4n) is 4.24. The van der Waals surface area contributed by atoms with Gasteiger partial charge in [0.05, 0.1) is 35.0 Å². The van der Waals surface area contributed by atoms with E-state index in [2.05, 4.69) is 9.97 Å². The number of hydrogen-bond donors (Lipinski definition) is 1. The highest BCUT2D eigenvalue weighted by Gasteiger charge is 2.48. The number of thiazole rings is 1. The molecule has 2 aromatic carbocycles. The second-order valence-electron chi connectivity index (χ2n) is 8.39. The number of nitrogens with zero attached hydrogens (tertiary/aromatic N) is 3. The standard InChI is InChI=1S/C28H25N3O5S/c1-3-13-36-19-9-5-7-17(14-19)25(32)23-24(18-8-6-12-29-16-18)31(27(34)26(23)33)28-30-21-11-10-20(35-4-2)15-22(21)37-28/h5-12,14-16,24,32H,3-4,13H2,1-2H3/b25-23+. The maximum absolute atomic E-state index is 13.4. The highest BCUT2D eigenvalue weighted by molar-refractivity contribution is 7.22. The third kappa shape index (κ3) is 4.65. The van der Waals surface area contributed by atoms with E-state index in [1.165, 1.54) is 16.2 Å². The predicted octanol–water partition coefficient (Wildman–Crippen LogP) is 5.51. The summed E-state index contributed by atoms with van der Waals surface area (Å²) in [6, 6.07) is 14.9. The number of benzene rings is 2. The van der Waals surface area contributed by atoms with Crippen molar-refractivity contribution in [2.24, 2.45) is 0 Å². The van der Waals surface area contributed by atoms with Gasteiger partial charge in [0.1, 0.15) is 17.3 Å². The SMILES string of the molecule is CCCOc1cccc(/C(O)=C2\C(=O)C(=O)N(c3nc4ccc(OCC)cc4s3)C2c2cccnc2)c1. The number of rotatable bonds is 8. The first kappa shape index (κ1) is 24.5. The Balaban J connectivity index is 1.64. The van der Waals surface area contributed by atoms with Gasteiger partial charge in [0.25, 0.3) is 5.78 Å². The molecule has 0 aliphatic carbocycles. The molecule has 9 heteroatoms. The summed E-state index contributed by atoms with van der Waals surface area (Å²) >= 11 is 1.28. The maximum Gasteiger partial charge on any atom is 0.301 e. The molecule has 1 saturated heterocycles. The van der Waals surface area contributed by atoms with Crippen molar-refractivity contribution in [2.75, 3.05) is 18.1 Å². The number of aliphatic hydroxyl groups is 1. The number of amides is 1. The van der Waals surface area contributed by atoms with E-state index < -0.39 is 17.7 Å². The molecule has 3 heterocycles. The van der Waals surface area contributed by atoms with E-state index in [-0.39, 0.29) is 11.3 Å². The number of carbonyl (C=O) groups is 2. The molecule has 0 bridgehead atoms. The zero-order chi connectivity index (χ0) is 25.9. The van der Waals surface area contributed by atoms with Gasteiger partial charge in [0, 0.05) is 18.0 Å². The molecular formula is C28H25N3O5S. The molecule has 1 atom stereocenters. The Morgan fingerprint density at radius 2 is 1.89 bits per heavy atom. The van der Waals surface area contributed by atoms with Gasteiger partial charge in [0.2, 0.25) is 0 Å². The van der Waals surface area contributed by atoms with Gasteiger partial charge in [-0.3, -0.25) is 19.5 Å². The van der Waals surface area contributed by atoms with Gasteiger partial charge in [-0.15, -0.1) is 0 Å². The van der Waals surface area contributed by atoms with Crippen LogP contribution in [0.5, 0.6) is 11.5 Å². The minimum atomic E-state index is -0.902. The van der Waals surface area contributed by atoms with Crippen molar-refractivity contribution in [3.05, 3.63) is 83.7 Å². The molecule has 0 saturated carbocycles. The molecule has 1 unspecified atom stereocenters. The number of ketones is 1. The Hall–Kier alpha value is -4.24. The molecule has 0 radical (unpaired) electrons. The lowest BCUT2D eigenvalue weighted by Gasteiger charge is -2.22. The largest absolute Gasteiger partial charge is 0.507 e. The van der Waals surface area contributed by atoms with E-state index in [1.54, 1.807) is 48.8 Å². The van der Waals surface area contributed by atoms with E-state index >= 15 is 0 Å². The van der Waals surface area contributed by atoms with Crippen LogP contribution in [0, 0.1) is 0 Å². The summed E-state index contributed by atoms with van der Waals surface area (Å²) in [5.74, 6) is -0.578. The van der Waals surface area contributed by atoms with Crippen molar-refractivity contribution in [3.8, 4) is 11.5 Å². The molecule has 4 aromatic rings. The Bertz CT molecular complexity index is 1500. The van der Waals surface area contributed by atoms with Crippen LogP contribution in [0.2, 0.25) is 0 Å². The third-order valence-electron chi connectivity index (χ3n) is 5.89. The summed E-state index contributed by atoms with van der Waals surface area (Å²) in [5.41, 5.74) is 1.61. The zero-order valence-corrected chi connectivity index (χ0v) is 21.2. The number of carbonyl (C=O) groups excluding carboxylic acids is 2. The molecule has 37 heavy (non-hydrogen) atoms. The van der Waals surface area contributed by atoms with Gasteiger partial charge in [-0.05, 0) is 55.3 Å². The van der Waals surface area contributed by atoms with Crippen molar-refractivity contribution in [1.29, 1.82) is 0 Å². The zero-order valence-electron chi connectivity index (χ0n) is 20.4. The lowest BCUT2D eigenvalue weighted by atomic mass is 9.96. The normalized spacial score (nSPS) is 16.9. The van der Waals surface area contributed by atoms with Crippen LogP contribution < -0.4 is 14.4 Å². The van der Waals surface area contributed by atoms with Crippen molar-refractivity contribution >= 4 is 44.1 Å². The van der Waals surface area contributed by atoms with E-state index in [9.17, 15) is 14.7 Å². The molecule has 1 amide bonds. The summed E-state index contributed by atoms with van der Waals surface area (Å²) in [5, 5.41) is 11.7. The monoisotopic (exact) mass is 515 g/mol. The Morgan fingerprint density at radius 1 is 1.05 bits per heavy atom. The van der Waals surface area contributed by atoms with Crippen LogP contribution in [0.4, 0.5) is 5.13 Å². The van der Waals surface area contributed by atoms with E-state index in [1.807, 2.05) is 32.0 Å². The fourth-order valence-corrected chi connectivity index (χ4v) is 5.26. The molecule has 188 valence electrons. The first-order valence-corrected chi connectivity index (χ1v) is 12.8.